The highest BCUT2D eigenvalue weighted by molar-refractivity contribution is 14.0. The van der Waals surface area contributed by atoms with E-state index in [1.807, 2.05) is 0 Å². The Balaban J connectivity index is 0.00000280. The largest absolute Gasteiger partial charge is 0.355 e. The predicted molar refractivity (Wildman–Crippen MR) is 121 cm³/mol. The van der Waals surface area contributed by atoms with Gasteiger partial charge in [-0.1, -0.05) is 18.6 Å². The number of hydrogen-bond donors (Lipinski definition) is 2. The number of hydrogen-bond acceptors (Lipinski definition) is 4. The lowest BCUT2D eigenvalue weighted by atomic mass is 9.82. The third kappa shape index (κ3) is 5.56. The van der Waals surface area contributed by atoms with E-state index >= 15 is 0 Å². The second-order valence-corrected chi connectivity index (χ2v) is 9.54. The van der Waals surface area contributed by atoms with Crippen LogP contribution in [0.15, 0.2) is 34.2 Å². The van der Waals surface area contributed by atoms with Gasteiger partial charge >= 0.3 is 0 Å². The van der Waals surface area contributed by atoms with Gasteiger partial charge in [-0.05, 0) is 44.9 Å². The molecular weight excluding hydrogens is 494 g/mol. The van der Waals surface area contributed by atoms with Crippen LogP contribution in [0.5, 0.6) is 0 Å². The first-order valence-electron chi connectivity index (χ1n) is 9.57. The minimum atomic E-state index is -3.67. The molecule has 2 aliphatic heterocycles. The highest BCUT2D eigenvalue weighted by Gasteiger charge is 2.36. The Morgan fingerprint density at radius 2 is 1.89 bits per heavy atom. The van der Waals surface area contributed by atoms with E-state index in [9.17, 15) is 12.8 Å². The van der Waals surface area contributed by atoms with E-state index in [1.54, 1.807) is 7.05 Å². The molecule has 0 spiro atoms. The molecule has 0 saturated carbocycles. The molecule has 2 heterocycles. The maximum atomic E-state index is 13.8. The van der Waals surface area contributed by atoms with Gasteiger partial charge in [-0.25, -0.2) is 12.8 Å². The van der Waals surface area contributed by atoms with Crippen molar-refractivity contribution in [2.45, 2.75) is 55.1 Å². The van der Waals surface area contributed by atoms with Gasteiger partial charge in [0, 0.05) is 31.7 Å². The number of halogens is 2. The zero-order valence-electron chi connectivity index (χ0n) is 16.4. The first-order chi connectivity index (χ1) is 12.9. The fourth-order valence-electron chi connectivity index (χ4n) is 4.23. The molecule has 0 amide bonds. The van der Waals surface area contributed by atoms with Gasteiger partial charge in [0.2, 0.25) is 0 Å². The Bertz CT molecular complexity index is 776. The topological polar surface area (TPSA) is 73.8 Å². The van der Waals surface area contributed by atoms with Crippen molar-refractivity contribution in [3.8, 4) is 0 Å². The second-order valence-electron chi connectivity index (χ2n) is 7.46. The summed E-state index contributed by atoms with van der Waals surface area (Å²) in [5.74, 6) is -0.294. The third-order valence-corrected chi connectivity index (χ3v) is 7.48. The average molecular weight is 524 g/mol. The molecule has 28 heavy (non-hydrogen) atoms. The monoisotopic (exact) mass is 524 g/mol. The number of nitrogens with zero attached hydrogens (tertiary/aromatic N) is 2. The summed E-state index contributed by atoms with van der Waals surface area (Å²) in [5.41, 5.74) is 0. The Hall–Kier alpha value is -0.940. The van der Waals surface area contributed by atoms with Crippen LogP contribution in [0.4, 0.5) is 4.39 Å². The van der Waals surface area contributed by atoms with Gasteiger partial charge in [-0.15, -0.1) is 24.0 Å². The Labute approximate surface area is 184 Å². The maximum absolute atomic E-state index is 13.8. The minimum absolute atomic E-state index is 0. The lowest BCUT2D eigenvalue weighted by Gasteiger charge is -2.47. The molecule has 9 heteroatoms. The van der Waals surface area contributed by atoms with Gasteiger partial charge in [-0.2, -0.15) is 0 Å². The Kier molecular flexibility index (Phi) is 8.50. The smallest absolute Gasteiger partial charge is 0.191 e. The summed E-state index contributed by atoms with van der Waals surface area (Å²) >= 11 is 0. The van der Waals surface area contributed by atoms with Gasteiger partial charge in [0.15, 0.2) is 15.8 Å². The third-order valence-electron chi connectivity index (χ3n) is 5.74. The molecule has 2 unspecified atom stereocenters. The lowest BCUT2D eigenvalue weighted by molar-refractivity contribution is 0.0526. The number of benzene rings is 1. The Morgan fingerprint density at radius 3 is 2.50 bits per heavy atom. The summed E-state index contributed by atoms with van der Waals surface area (Å²) in [6, 6.07) is 7.03. The van der Waals surface area contributed by atoms with E-state index in [-0.39, 0.29) is 41.2 Å². The molecule has 0 aliphatic carbocycles. The fraction of sp³-hybridized carbons (Fsp3) is 0.632. The number of aliphatic imine (C=N–C) groups is 1. The van der Waals surface area contributed by atoms with Crippen LogP contribution in [0.1, 0.15) is 32.1 Å². The quantitative estimate of drug-likeness (QED) is 0.352. The van der Waals surface area contributed by atoms with Crippen LogP contribution in [0.3, 0.4) is 0 Å². The molecule has 2 N–H and O–H groups in total. The van der Waals surface area contributed by atoms with Crippen molar-refractivity contribution >= 4 is 39.8 Å². The zero-order valence-corrected chi connectivity index (χ0v) is 19.5. The predicted octanol–water partition coefficient (Wildman–Crippen LogP) is 2.40. The molecule has 1 aromatic rings. The van der Waals surface area contributed by atoms with Gasteiger partial charge in [0.25, 0.3) is 0 Å². The molecule has 2 bridgehead atoms. The second kappa shape index (κ2) is 10.2. The van der Waals surface area contributed by atoms with Crippen molar-refractivity contribution in [1.82, 2.24) is 15.5 Å². The van der Waals surface area contributed by atoms with Crippen LogP contribution in [0.2, 0.25) is 0 Å². The SMILES string of the molecule is CN=C(NCCS(=O)(=O)c1ccccc1F)NC1CC2CCCC(C1)N2C.I. The number of rotatable bonds is 5. The van der Waals surface area contributed by atoms with Crippen molar-refractivity contribution in [2.75, 3.05) is 26.4 Å². The molecule has 2 aliphatic rings. The van der Waals surface area contributed by atoms with E-state index in [4.69, 9.17) is 0 Å². The van der Waals surface area contributed by atoms with Crippen LogP contribution in [-0.4, -0.2) is 63.8 Å². The first kappa shape index (κ1) is 23.3. The summed E-state index contributed by atoms with van der Waals surface area (Å²) in [7, 11) is 0.216. The number of guanidine groups is 1. The van der Waals surface area contributed by atoms with Crippen molar-refractivity contribution in [3.63, 3.8) is 0 Å². The van der Waals surface area contributed by atoms with E-state index in [0.29, 0.717) is 24.1 Å². The summed E-state index contributed by atoms with van der Waals surface area (Å²) in [6.07, 6.45) is 5.91. The highest BCUT2D eigenvalue weighted by Crippen LogP contribution is 2.32. The van der Waals surface area contributed by atoms with Gasteiger partial charge < -0.3 is 15.5 Å². The Morgan fingerprint density at radius 1 is 1.25 bits per heavy atom. The molecule has 1 aromatic carbocycles. The van der Waals surface area contributed by atoms with Crippen LogP contribution in [0, 0.1) is 5.82 Å². The zero-order chi connectivity index (χ0) is 19.4. The minimum Gasteiger partial charge on any atom is -0.355 e. The molecule has 158 valence electrons. The summed E-state index contributed by atoms with van der Waals surface area (Å²) in [4.78, 5) is 6.46. The standard InChI is InChI=1S/C19H29FN4O2S.HI/c1-21-19(23-14-12-15-6-5-7-16(13-14)24(15)2)22-10-11-27(25,26)18-9-4-3-8-17(18)20;/h3-4,8-9,14-16H,5-7,10-13H2,1-2H3,(H2,21,22,23);1H. The highest BCUT2D eigenvalue weighted by atomic mass is 127. The fourth-order valence-corrected chi connectivity index (χ4v) is 5.47. The summed E-state index contributed by atoms with van der Waals surface area (Å²) in [5, 5.41) is 6.50. The van der Waals surface area contributed by atoms with E-state index in [1.165, 1.54) is 37.5 Å². The number of fused-ring (bicyclic) bond motifs is 2. The average Bonchev–Trinajstić information content (AvgIpc) is 2.61. The van der Waals surface area contributed by atoms with Gasteiger partial charge in [-0.3, -0.25) is 4.99 Å². The number of piperidine rings is 2. The van der Waals surface area contributed by atoms with Crippen molar-refractivity contribution in [3.05, 3.63) is 30.1 Å². The maximum Gasteiger partial charge on any atom is 0.191 e. The molecular formula is C19H30FIN4O2S. The van der Waals surface area contributed by atoms with E-state index in [0.717, 1.165) is 18.9 Å². The molecule has 2 fully saturated rings. The molecule has 2 atom stereocenters. The van der Waals surface area contributed by atoms with Gasteiger partial charge in [0.1, 0.15) is 10.7 Å². The molecule has 6 nitrogen and oxygen atoms in total. The van der Waals surface area contributed by atoms with E-state index < -0.39 is 15.7 Å². The number of sulfone groups is 1. The van der Waals surface area contributed by atoms with Gasteiger partial charge in [0.05, 0.1) is 5.75 Å². The molecule has 0 aromatic heterocycles. The molecule has 2 saturated heterocycles. The van der Waals surface area contributed by atoms with Crippen LogP contribution < -0.4 is 10.6 Å². The summed E-state index contributed by atoms with van der Waals surface area (Å²) in [6.45, 7) is 0.176. The van der Waals surface area contributed by atoms with Crippen LogP contribution in [-0.2, 0) is 9.84 Å². The first-order valence-corrected chi connectivity index (χ1v) is 11.2. The number of nitrogens with one attached hydrogen (secondary N) is 2. The molecule has 3 rings (SSSR count). The van der Waals surface area contributed by atoms with Crippen LogP contribution >= 0.6 is 24.0 Å². The molecule has 0 radical (unpaired) electrons. The van der Waals surface area contributed by atoms with Crippen molar-refractivity contribution in [1.29, 1.82) is 0 Å². The van der Waals surface area contributed by atoms with Crippen molar-refractivity contribution < 1.29 is 12.8 Å². The lowest BCUT2D eigenvalue weighted by Crippen LogP contribution is -2.56. The van der Waals surface area contributed by atoms with Crippen molar-refractivity contribution in [2.24, 2.45) is 4.99 Å². The normalized spacial score (nSPS) is 25.7. The van der Waals surface area contributed by atoms with Crippen LogP contribution in [0.25, 0.3) is 0 Å². The van der Waals surface area contributed by atoms with E-state index in [2.05, 4.69) is 27.6 Å². The summed E-state index contributed by atoms with van der Waals surface area (Å²) < 4.78 is 38.4.